The summed E-state index contributed by atoms with van der Waals surface area (Å²) in [6.45, 7) is 1.36. The van der Waals surface area contributed by atoms with Gasteiger partial charge in [0.25, 0.3) is 0 Å². The molecule has 1 aromatic carbocycles. The van der Waals surface area contributed by atoms with Gasteiger partial charge in [-0.1, -0.05) is 24.3 Å². The molecule has 28 heavy (non-hydrogen) atoms. The van der Waals surface area contributed by atoms with E-state index >= 15 is 0 Å². The molecule has 2 N–H and O–H groups in total. The van der Waals surface area contributed by atoms with Crippen LogP contribution in [-0.4, -0.2) is 44.5 Å². The molecule has 3 aromatic rings. The quantitative estimate of drug-likeness (QED) is 0.729. The van der Waals surface area contributed by atoms with Crippen molar-refractivity contribution in [3.05, 3.63) is 60.6 Å². The van der Waals surface area contributed by atoms with E-state index in [9.17, 15) is 9.59 Å². The van der Waals surface area contributed by atoms with Crippen molar-refractivity contribution >= 4 is 23.3 Å². The molecule has 0 spiro atoms. The Labute approximate surface area is 162 Å². The Hall–Kier alpha value is -3.42. The molecule has 0 unspecified atom stereocenters. The second-order valence-corrected chi connectivity index (χ2v) is 6.84. The number of nitrogens with one attached hydrogen (secondary N) is 2. The molecule has 1 aliphatic rings. The van der Waals surface area contributed by atoms with Crippen LogP contribution in [0.5, 0.6) is 0 Å². The highest BCUT2D eigenvalue weighted by molar-refractivity contribution is 5.90. The van der Waals surface area contributed by atoms with Crippen LogP contribution in [0.2, 0.25) is 0 Å². The number of hydrogen-bond donors (Lipinski definition) is 2. The summed E-state index contributed by atoms with van der Waals surface area (Å²) in [4.78, 5) is 26.8. The highest BCUT2D eigenvalue weighted by atomic mass is 16.2. The molecule has 4 rings (SSSR count). The molecule has 0 radical (unpaired) electrons. The first kappa shape index (κ1) is 18.0. The van der Waals surface area contributed by atoms with Gasteiger partial charge in [-0.15, -0.1) is 10.2 Å². The standard InChI is InChI=1S/C20H22N6O2/c27-19(21-13-18-24-23-17-10-4-5-12-26(17)18)15-7-6-11-25(14-15)20(28)22-16-8-2-1-3-9-16/h1-5,8-10,12,15H,6-7,11,13-14H2,(H,21,27)(H,22,28)/t15-/m0/s1. The first-order chi connectivity index (χ1) is 13.7. The third kappa shape index (κ3) is 3.95. The van der Waals surface area contributed by atoms with Gasteiger partial charge in [-0.05, 0) is 37.1 Å². The largest absolute Gasteiger partial charge is 0.348 e. The number of piperidine rings is 1. The van der Waals surface area contributed by atoms with Gasteiger partial charge in [0, 0.05) is 25.0 Å². The van der Waals surface area contributed by atoms with E-state index in [1.54, 1.807) is 4.90 Å². The number of hydrogen-bond acceptors (Lipinski definition) is 4. The van der Waals surface area contributed by atoms with Gasteiger partial charge >= 0.3 is 6.03 Å². The first-order valence-electron chi connectivity index (χ1n) is 9.38. The van der Waals surface area contributed by atoms with Gasteiger partial charge in [0.05, 0.1) is 12.5 Å². The molecule has 1 aliphatic heterocycles. The van der Waals surface area contributed by atoms with Crippen LogP contribution in [0.15, 0.2) is 54.7 Å². The van der Waals surface area contributed by atoms with Crippen molar-refractivity contribution in [3.63, 3.8) is 0 Å². The summed E-state index contributed by atoms with van der Waals surface area (Å²) in [6.07, 6.45) is 3.43. The number of fused-ring (bicyclic) bond motifs is 1. The molecule has 0 saturated carbocycles. The molecule has 144 valence electrons. The lowest BCUT2D eigenvalue weighted by Gasteiger charge is -2.32. The number of carbonyl (C=O) groups excluding carboxylic acids is 2. The van der Waals surface area contributed by atoms with E-state index < -0.39 is 0 Å². The average Bonchev–Trinajstić information content (AvgIpc) is 3.16. The van der Waals surface area contributed by atoms with Crippen molar-refractivity contribution in [1.29, 1.82) is 0 Å². The monoisotopic (exact) mass is 378 g/mol. The number of pyridine rings is 1. The fraction of sp³-hybridized carbons (Fsp3) is 0.300. The Bertz CT molecular complexity index is 971. The zero-order chi connectivity index (χ0) is 19.3. The maximum absolute atomic E-state index is 12.6. The molecular weight excluding hydrogens is 356 g/mol. The van der Waals surface area contributed by atoms with Gasteiger partial charge in [-0.2, -0.15) is 0 Å². The summed E-state index contributed by atoms with van der Waals surface area (Å²) in [7, 11) is 0. The minimum atomic E-state index is -0.227. The summed E-state index contributed by atoms with van der Waals surface area (Å²) < 4.78 is 1.85. The smallest absolute Gasteiger partial charge is 0.321 e. The van der Waals surface area contributed by atoms with E-state index in [0.717, 1.165) is 24.2 Å². The lowest BCUT2D eigenvalue weighted by atomic mass is 9.97. The normalized spacial score (nSPS) is 16.7. The summed E-state index contributed by atoms with van der Waals surface area (Å²) >= 11 is 0. The number of nitrogens with zero attached hydrogens (tertiary/aromatic N) is 4. The molecule has 8 nitrogen and oxygen atoms in total. The molecule has 3 amide bonds. The van der Waals surface area contributed by atoms with Gasteiger partial charge in [0.1, 0.15) is 0 Å². The van der Waals surface area contributed by atoms with Crippen molar-refractivity contribution in [1.82, 2.24) is 24.8 Å². The van der Waals surface area contributed by atoms with Gasteiger partial charge in [0.2, 0.25) is 5.91 Å². The number of rotatable bonds is 4. The Morgan fingerprint density at radius 2 is 1.89 bits per heavy atom. The Kier molecular flexibility index (Phi) is 5.18. The number of carbonyl (C=O) groups is 2. The molecule has 0 bridgehead atoms. The molecule has 0 aliphatic carbocycles. The van der Waals surface area contributed by atoms with E-state index in [4.69, 9.17) is 0 Å². The third-order valence-electron chi connectivity index (χ3n) is 4.91. The minimum Gasteiger partial charge on any atom is -0.348 e. The summed E-state index contributed by atoms with van der Waals surface area (Å²) in [5.74, 6) is 0.387. The first-order valence-corrected chi connectivity index (χ1v) is 9.38. The number of para-hydroxylation sites is 1. The lowest BCUT2D eigenvalue weighted by molar-refractivity contribution is -0.126. The average molecular weight is 378 g/mol. The molecule has 3 heterocycles. The van der Waals surface area contributed by atoms with Gasteiger partial charge in [-0.25, -0.2) is 4.79 Å². The van der Waals surface area contributed by atoms with Gasteiger partial charge in [-0.3, -0.25) is 9.20 Å². The van der Waals surface area contributed by atoms with Crippen molar-refractivity contribution in [2.45, 2.75) is 19.4 Å². The van der Waals surface area contributed by atoms with E-state index in [2.05, 4.69) is 20.8 Å². The van der Waals surface area contributed by atoms with Crippen molar-refractivity contribution in [3.8, 4) is 0 Å². The predicted molar refractivity (Wildman–Crippen MR) is 105 cm³/mol. The minimum absolute atomic E-state index is 0.0649. The molecule has 1 fully saturated rings. The van der Waals surface area contributed by atoms with Crippen molar-refractivity contribution in [2.75, 3.05) is 18.4 Å². The highest BCUT2D eigenvalue weighted by Crippen LogP contribution is 2.18. The summed E-state index contributed by atoms with van der Waals surface area (Å²) in [5, 5.41) is 14.0. The number of amides is 3. The van der Waals surface area contributed by atoms with Crippen LogP contribution in [0.1, 0.15) is 18.7 Å². The van der Waals surface area contributed by atoms with Crippen LogP contribution in [0.4, 0.5) is 10.5 Å². The van der Waals surface area contributed by atoms with Gasteiger partial charge in [0.15, 0.2) is 11.5 Å². The molecule has 8 heteroatoms. The fourth-order valence-corrected chi connectivity index (χ4v) is 3.42. The van der Waals surface area contributed by atoms with Crippen LogP contribution >= 0.6 is 0 Å². The fourth-order valence-electron chi connectivity index (χ4n) is 3.42. The topological polar surface area (TPSA) is 91.6 Å². The van der Waals surface area contributed by atoms with Crippen LogP contribution in [-0.2, 0) is 11.3 Å². The second kappa shape index (κ2) is 8.08. The number of aromatic nitrogens is 3. The molecular formula is C20H22N6O2. The predicted octanol–water partition coefficient (Wildman–Crippen LogP) is 2.29. The zero-order valence-corrected chi connectivity index (χ0v) is 15.4. The molecule has 1 atom stereocenters. The molecule has 2 aromatic heterocycles. The van der Waals surface area contributed by atoms with Crippen LogP contribution in [0.3, 0.4) is 0 Å². The van der Waals surface area contributed by atoms with Crippen molar-refractivity contribution in [2.24, 2.45) is 5.92 Å². The number of likely N-dealkylation sites (tertiary alicyclic amines) is 1. The van der Waals surface area contributed by atoms with E-state index in [1.165, 1.54) is 0 Å². The SMILES string of the molecule is O=C(NCc1nnc2ccccn12)[C@H]1CCCN(C(=O)Nc2ccccc2)C1. The zero-order valence-electron chi connectivity index (χ0n) is 15.4. The van der Waals surface area contributed by atoms with Gasteiger partial charge < -0.3 is 15.5 Å². The van der Waals surface area contributed by atoms with Crippen LogP contribution in [0.25, 0.3) is 5.65 Å². The van der Waals surface area contributed by atoms with E-state index in [-0.39, 0.29) is 17.9 Å². The third-order valence-corrected chi connectivity index (χ3v) is 4.91. The number of anilines is 1. The summed E-state index contributed by atoms with van der Waals surface area (Å²) in [6, 6.07) is 14.8. The molecule has 1 saturated heterocycles. The Morgan fingerprint density at radius 3 is 2.75 bits per heavy atom. The van der Waals surface area contributed by atoms with Crippen LogP contribution in [0, 0.1) is 5.92 Å². The second-order valence-electron chi connectivity index (χ2n) is 6.84. The number of urea groups is 1. The van der Waals surface area contributed by atoms with Crippen LogP contribution < -0.4 is 10.6 Å². The Morgan fingerprint density at radius 1 is 1.07 bits per heavy atom. The van der Waals surface area contributed by atoms with E-state index in [1.807, 2.05) is 59.1 Å². The maximum Gasteiger partial charge on any atom is 0.321 e. The maximum atomic E-state index is 12.6. The highest BCUT2D eigenvalue weighted by Gasteiger charge is 2.28. The Balaban J connectivity index is 1.33. The summed E-state index contributed by atoms with van der Waals surface area (Å²) in [5.41, 5.74) is 1.49. The van der Waals surface area contributed by atoms with E-state index in [0.29, 0.717) is 25.5 Å². The number of benzene rings is 1. The van der Waals surface area contributed by atoms with Crippen molar-refractivity contribution < 1.29 is 9.59 Å². The lowest BCUT2D eigenvalue weighted by Crippen LogP contribution is -2.46.